The number of halogens is 2. The van der Waals surface area contributed by atoms with Crippen molar-refractivity contribution in [1.82, 2.24) is 9.97 Å². The Labute approximate surface area is 177 Å². The van der Waals surface area contributed by atoms with Crippen molar-refractivity contribution >= 4 is 56.4 Å². The van der Waals surface area contributed by atoms with Crippen LogP contribution in [-0.2, 0) is 6.42 Å². The lowest BCUT2D eigenvalue weighted by molar-refractivity contribution is 0.199. The van der Waals surface area contributed by atoms with E-state index >= 15 is 0 Å². The van der Waals surface area contributed by atoms with Gasteiger partial charge in [-0.1, -0.05) is 36.2 Å². The van der Waals surface area contributed by atoms with Crippen LogP contribution < -0.4 is 10.9 Å². The molecule has 0 saturated heterocycles. The van der Waals surface area contributed by atoms with Gasteiger partial charge in [0.2, 0.25) is 0 Å². The predicted molar refractivity (Wildman–Crippen MR) is 120 cm³/mol. The zero-order valence-corrected chi connectivity index (χ0v) is 17.4. The van der Waals surface area contributed by atoms with Crippen molar-refractivity contribution in [2.45, 2.75) is 26.4 Å². The Kier molecular flexibility index (Phi) is 5.21. The van der Waals surface area contributed by atoms with Crippen LogP contribution in [0.25, 0.3) is 21.7 Å². The van der Waals surface area contributed by atoms with Gasteiger partial charge in [0.1, 0.15) is 5.82 Å². The Bertz CT molecular complexity index is 1280. The molecule has 2 aromatic carbocycles. The number of rotatable bonds is 4. The number of hydrogen-bond acceptors (Lipinski definition) is 4. The van der Waals surface area contributed by atoms with Crippen molar-refractivity contribution in [2.24, 2.45) is 0 Å². The number of nitrogens with zero attached hydrogens (tertiary/aromatic N) is 1. The fraction of sp³-hybridized carbons (Fsp3) is 0.182. The average Bonchev–Trinajstić information content (AvgIpc) is 2.70. The van der Waals surface area contributed by atoms with Crippen molar-refractivity contribution in [3.05, 3.63) is 74.1 Å². The largest absolute Gasteiger partial charge is 0.389 e. The van der Waals surface area contributed by atoms with E-state index < -0.39 is 6.10 Å². The normalized spacial score (nSPS) is 12.4. The molecule has 0 unspecified atom stereocenters. The van der Waals surface area contributed by atoms with Gasteiger partial charge >= 0.3 is 0 Å². The number of aliphatic hydroxyl groups excluding tert-OH is 1. The summed E-state index contributed by atoms with van der Waals surface area (Å²) in [7, 11) is 0. The maximum Gasteiger partial charge on any atom is 0.256 e. The number of aromatic nitrogens is 2. The van der Waals surface area contributed by atoms with Crippen molar-refractivity contribution in [1.29, 1.82) is 0 Å². The van der Waals surface area contributed by atoms with Crippen LogP contribution in [0.1, 0.15) is 31.1 Å². The average molecular weight is 428 g/mol. The van der Waals surface area contributed by atoms with E-state index in [4.69, 9.17) is 28.2 Å². The van der Waals surface area contributed by atoms with Gasteiger partial charge in [-0.3, -0.25) is 4.79 Å². The molecule has 7 heteroatoms. The van der Waals surface area contributed by atoms with E-state index in [0.29, 0.717) is 43.4 Å². The van der Waals surface area contributed by atoms with Gasteiger partial charge in [0, 0.05) is 17.0 Å². The molecule has 5 nitrogen and oxygen atoms in total. The molecule has 0 amide bonds. The predicted octanol–water partition coefficient (Wildman–Crippen LogP) is 5.74. The summed E-state index contributed by atoms with van der Waals surface area (Å²) in [6, 6.07) is 11.0. The lowest BCUT2D eigenvalue weighted by Gasteiger charge is -2.15. The molecule has 3 N–H and O–H groups in total. The molecule has 0 aliphatic carbocycles. The van der Waals surface area contributed by atoms with E-state index in [0.717, 1.165) is 17.4 Å². The van der Waals surface area contributed by atoms with Crippen LogP contribution in [-0.4, -0.2) is 15.1 Å². The topological polar surface area (TPSA) is 78.0 Å². The van der Waals surface area contributed by atoms with Crippen LogP contribution in [0.4, 0.5) is 11.5 Å². The van der Waals surface area contributed by atoms with Gasteiger partial charge in [-0.05, 0) is 54.8 Å². The number of H-pyrrole nitrogens is 1. The van der Waals surface area contributed by atoms with E-state index in [1.54, 1.807) is 31.3 Å². The first-order valence-electron chi connectivity index (χ1n) is 9.27. The second kappa shape index (κ2) is 7.67. The Balaban J connectivity index is 1.95. The van der Waals surface area contributed by atoms with Crippen LogP contribution in [0.2, 0.25) is 10.0 Å². The van der Waals surface area contributed by atoms with Crippen LogP contribution in [0.5, 0.6) is 0 Å². The Hall–Kier alpha value is -2.60. The number of pyridine rings is 2. The molecule has 2 aromatic heterocycles. The summed E-state index contributed by atoms with van der Waals surface area (Å²) in [6.07, 6.45) is 1.76. The minimum atomic E-state index is -0.690. The van der Waals surface area contributed by atoms with Crippen LogP contribution >= 0.6 is 23.2 Å². The van der Waals surface area contributed by atoms with E-state index in [-0.39, 0.29) is 5.56 Å². The first kappa shape index (κ1) is 19.7. The third-order valence-corrected chi connectivity index (χ3v) is 5.57. The highest BCUT2D eigenvalue weighted by atomic mass is 35.5. The molecule has 29 heavy (non-hydrogen) atoms. The zero-order valence-electron chi connectivity index (χ0n) is 15.9. The first-order valence-corrected chi connectivity index (χ1v) is 10.0. The molecule has 0 saturated carbocycles. The molecular weight excluding hydrogens is 409 g/mol. The van der Waals surface area contributed by atoms with Crippen molar-refractivity contribution < 1.29 is 5.11 Å². The third-order valence-electron chi connectivity index (χ3n) is 4.98. The molecule has 0 aliphatic heterocycles. The van der Waals surface area contributed by atoms with Gasteiger partial charge < -0.3 is 15.4 Å². The second-order valence-electron chi connectivity index (χ2n) is 6.92. The smallest absolute Gasteiger partial charge is 0.256 e. The zero-order chi connectivity index (χ0) is 20.7. The molecular formula is C22H19Cl2N3O2. The minimum absolute atomic E-state index is 0.187. The summed E-state index contributed by atoms with van der Waals surface area (Å²) in [5.74, 6) is 0.483. The summed E-state index contributed by atoms with van der Waals surface area (Å²) in [6.45, 7) is 3.71. The second-order valence-corrected chi connectivity index (χ2v) is 7.74. The molecule has 0 aliphatic rings. The molecule has 2 heterocycles. The minimum Gasteiger partial charge on any atom is -0.389 e. The van der Waals surface area contributed by atoms with Crippen molar-refractivity contribution in [3.63, 3.8) is 0 Å². The Morgan fingerprint density at radius 1 is 1.14 bits per heavy atom. The van der Waals surface area contributed by atoms with Crippen LogP contribution in [0.3, 0.4) is 0 Å². The van der Waals surface area contributed by atoms with E-state index in [1.807, 2.05) is 18.2 Å². The highest BCUT2D eigenvalue weighted by molar-refractivity contribution is 6.39. The number of benzene rings is 2. The molecule has 1 atom stereocenters. The summed E-state index contributed by atoms with van der Waals surface area (Å²) in [4.78, 5) is 20.1. The van der Waals surface area contributed by atoms with E-state index in [2.05, 4.69) is 17.2 Å². The van der Waals surface area contributed by atoms with Crippen LogP contribution in [0, 0.1) is 0 Å². The van der Waals surface area contributed by atoms with Gasteiger partial charge in [0.05, 0.1) is 32.7 Å². The number of anilines is 2. The number of aliphatic hydroxyl groups is 1. The lowest BCUT2D eigenvalue weighted by atomic mass is 10.0. The lowest BCUT2D eigenvalue weighted by Crippen LogP contribution is -2.08. The first-order chi connectivity index (χ1) is 13.9. The molecule has 0 bridgehead atoms. The molecule has 4 aromatic rings. The summed E-state index contributed by atoms with van der Waals surface area (Å²) < 4.78 is 0. The van der Waals surface area contributed by atoms with Gasteiger partial charge in [-0.15, -0.1) is 0 Å². The van der Waals surface area contributed by atoms with Crippen molar-refractivity contribution in [2.75, 3.05) is 5.32 Å². The molecule has 0 fully saturated rings. The monoisotopic (exact) mass is 427 g/mol. The van der Waals surface area contributed by atoms with Crippen molar-refractivity contribution in [3.8, 4) is 0 Å². The summed E-state index contributed by atoms with van der Waals surface area (Å²) in [5.41, 5.74) is 2.72. The Morgan fingerprint density at radius 2 is 1.86 bits per heavy atom. The van der Waals surface area contributed by atoms with E-state index in [9.17, 15) is 9.90 Å². The molecule has 0 spiro atoms. The Morgan fingerprint density at radius 3 is 2.52 bits per heavy atom. The summed E-state index contributed by atoms with van der Waals surface area (Å²) in [5, 5.41) is 15.7. The number of aromatic amines is 1. The SMILES string of the molecule is CCc1ccc2nc(Nc3c(Cl)cc([C@H](C)O)cc3Cl)c3cc[nH]c(=O)c3c2c1. The number of nitrogens with one attached hydrogen (secondary N) is 2. The van der Waals surface area contributed by atoms with Gasteiger partial charge in [0.25, 0.3) is 5.56 Å². The van der Waals surface area contributed by atoms with Gasteiger partial charge in [-0.2, -0.15) is 0 Å². The van der Waals surface area contributed by atoms with E-state index in [1.165, 1.54) is 0 Å². The van der Waals surface area contributed by atoms with Gasteiger partial charge in [-0.25, -0.2) is 4.98 Å². The number of fused-ring (bicyclic) bond motifs is 3. The van der Waals surface area contributed by atoms with Gasteiger partial charge in [0.15, 0.2) is 0 Å². The number of aryl methyl sites for hydroxylation is 1. The standard InChI is InChI=1S/C22H19Cl2N3O2/c1-3-12-4-5-18-15(8-12)19-14(6-7-25-22(19)29)21(26-18)27-20-16(23)9-13(11(2)28)10-17(20)24/h4-11,28H,3H2,1-2H3,(H,25,29)(H,26,27)/t11-/m0/s1. The summed E-state index contributed by atoms with van der Waals surface area (Å²) >= 11 is 12.8. The van der Waals surface area contributed by atoms with Crippen LogP contribution in [0.15, 0.2) is 47.4 Å². The molecule has 148 valence electrons. The quantitative estimate of drug-likeness (QED) is 0.362. The highest BCUT2D eigenvalue weighted by Crippen LogP contribution is 2.37. The maximum absolute atomic E-state index is 12.7. The number of hydrogen-bond donors (Lipinski definition) is 3. The maximum atomic E-state index is 12.7. The molecule has 0 radical (unpaired) electrons. The third kappa shape index (κ3) is 3.57. The fourth-order valence-electron chi connectivity index (χ4n) is 3.39. The highest BCUT2D eigenvalue weighted by Gasteiger charge is 2.16. The fourth-order valence-corrected chi connectivity index (χ4v) is 3.99. The molecule has 4 rings (SSSR count).